The van der Waals surface area contributed by atoms with Crippen LogP contribution in [0.25, 0.3) is 0 Å². The molecule has 0 radical (unpaired) electrons. The van der Waals surface area contributed by atoms with Gasteiger partial charge in [-0.05, 0) is 36.8 Å². The van der Waals surface area contributed by atoms with Crippen LogP contribution in [0.3, 0.4) is 0 Å². The zero-order valence-electron chi connectivity index (χ0n) is 17.2. The molecule has 3 rings (SSSR count). The minimum atomic E-state index is -1.14. The normalized spacial score (nSPS) is 16.9. The number of Topliss-reactive ketones (excluding diaryl/α,β-unsaturated/α-hetero) is 1. The van der Waals surface area contributed by atoms with Crippen LogP contribution in [0.4, 0.5) is 14.5 Å². The molecule has 1 aliphatic rings. The molecule has 1 N–H and O–H groups in total. The van der Waals surface area contributed by atoms with Gasteiger partial charge >= 0.3 is 0 Å². The van der Waals surface area contributed by atoms with Crippen molar-refractivity contribution in [3.63, 3.8) is 0 Å². The standard InChI is InChI=1S/C23H23F2NO4/c1-5-30-15-8-6-7-13(11-15)19-18(21(28)23(2,3)4)20(27)22(29)26(19)14-9-10-16(24)17(25)12-14/h6-12,19,27H,5H2,1-4H3. The van der Waals surface area contributed by atoms with Crippen molar-refractivity contribution in [2.75, 3.05) is 11.5 Å². The third kappa shape index (κ3) is 3.79. The van der Waals surface area contributed by atoms with Crippen molar-refractivity contribution in [2.45, 2.75) is 33.7 Å². The molecule has 0 aromatic heterocycles. The summed E-state index contributed by atoms with van der Waals surface area (Å²) in [5.41, 5.74) is -0.459. The molecule has 2 aromatic rings. The average molecular weight is 415 g/mol. The number of aliphatic hydroxyl groups is 1. The van der Waals surface area contributed by atoms with Gasteiger partial charge in [0.25, 0.3) is 5.91 Å². The van der Waals surface area contributed by atoms with Crippen LogP contribution in [-0.4, -0.2) is 23.4 Å². The summed E-state index contributed by atoms with van der Waals surface area (Å²) >= 11 is 0. The fourth-order valence-corrected chi connectivity index (χ4v) is 3.40. The summed E-state index contributed by atoms with van der Waals surface area (Å²) < 4.78 is 32.9. The number of amides is 1. The van der Waals surface area contributed by atoms with Gasteiger partial charge in [-0.15, -0.1) is 0 Å². The van der Waals surface area contributed by atoms with Gasteiger partial charge < -0.3 is 9.84 Å². The van der Waals surface area contributed by atoms with Crippen LogP contribution >= 0.6 is 0 Å². The second-order valence-electron chi connectivity index (χ2n) is 8.02. The lowest BCUT2D eigenvalue weighted by molar-refractivity contribution is -0.123. The van der Waals surface area contributed by atoms with Crippen LogP contribution in [0.1, 0.15) is 39.3 Å². The molecule has 1 heterocycles. The van der Waals surface area contributed by atoms with Gasteiger partial charge in [-0.25, -0.2) is 8.78 Å². The van der Waals surface area contributed by atoms with Crippen molar-refractivity contribution in [1.29, 1.82) is 0 Å². The van der Waals surface area contributed by atoms with E-state index in [0.717, 1.165) is 17.0 Å². The van der Waals surface area contributed by atoms with Crippen molar-refractivity contribution in [3.8, 4) is 5.75 Å². The van der Waals surface area contributed by atoms with Crippen LogP contribution in [0.5, 0.6) is 5.75 Å². The Morgan fingerprint density at radius 1 is 1.13 bits per heavy atom. The number of ether oxygens (including phenoxy) is 1. The monoisotopic (exact) mass is 415 g/mol. The number of carbonyl (C=O) groups is 2. The Labute approximate surface area is 173 Å². The van der Waals surface area contributed by atoms with Gasteiger partial charge in [0, 0.05) is 17.2 Å². The van der Waals surface area contributed by atoms with Gasteiger partial charge in [0.15, 0.2) is 23.2 Å². The van der Waals surface area contributed by atoms with E-state index in [-0.39, 0.29) is 11.3 Å². The summed E-state index contributed by atoms with van der Waals surface area (Å²) in [5, 5.41) is 10.6. The lowest BCUT2D eigenvalue weighted by Crippen LogP contribution is -2.33. The van der Waals surface area contributed by atoms with Gasteiger partial charge in [-0.2, -0.15) is 0 Å². The Bertz CT molecular complexity index is 1040. The van der Waals surface area contributed by atoms with E-state index in [9.17, 15) is 23.5 Å². The fourth-order valence-electron chi connectivity index (χ4n) is 3.40. The highest BCUT2D eigenvalue weighted by atomic mass is 19.2. The molecule has 0 saturated heterocycles. The summed E-state index contributed by atoms with van der Waals surface area (Å²) in [6.45, 7) is 7.25. The summed E-state index contributed by atoms with van der Waals surface area (Å²) in [6, 6.07) is 8.73. The van der Waals surface area contributed by atoms with Gasteiger partial charge in [-0.1, -0.05) is 32.9 Å². The third-order valence-electron chi connectivity index (χ3n) is 4.80. The van der Waals surface area contributed by atoms with Crippen LogP contribution in [0, 0.1) is 17.0 Å². The second-order valence-corrected chi connectivity index (χ2v) is 8.02. The van der Waals surface area contributed by atoms with E-state index in [1.165, 1.54) is 6.07 Å². The number of hydrogen-bond acceptors (Lipinski definition) is 4. The molecule has 1 atom stereocenters. The molecule has 0 aliphatic carbocycles. The predicted octanol–water partition coefficient (Wildman–Crippen LogP) is 4.88. The number of ketones is 1. The highest BCUT2D eigenvalue weighted by molar-refractivity contribution is 6.17. The van der Waals surface area contributed by atoms with Crippen LogP contribution in [0.15, 0.2) is 53.8 Å². The maximum absolute atomic E-state index is 13.9. The number of aliphatic hydroxyl groups excluding tert-OH is 1. The zero-order chi connectivity index (χ0) is 22.2. The molecule has 0 bridgehead atoms. The quantitative estimate of drug-likeness (QED) is 0.756. The molecular formula is C23H23F2NO4. The zero-order valence-corrected chi connectivity index (χ0v) is 17.2. The maximum Gasteiger partial charge on any atom is 0.294 e. The number of halogens is 2. The molecule has 1 unspecified atom stereocenters. The Hall–Kier alpha value is -3.22. The summed E-state index contributed by atoms with van der Waals surface area (Å²) in [4.78, 5) is 27.2. The van der Waals surface area contributed by atoms with Gasteiger partial charge in [0.1, 0.15) is 5.75 Å². The smallest absolute Gasteiger partial charge is 0.294 e. The van der Waals surface area contributed by atoms with Crippen molar-refractivity contribution in [3.05, 3.63) is 71.0 Å². The third-order valence-corrected chi connectivity index (χ3v) is 4.80. The van der Waals surface area contributed by atoms with E-state index in [1.54, 1.807) is 45.0 Å². The molecule has 2 aromatic carbocycles. The summed E-state index contributed by atoms with van der Waals surface area (Å²) in [5.74, 6) is -3.68. The molecule has 1 amide bonds. The lowest BCUT2D eigenvalue weighted by Gasteiger charge is -2.29. The highest BCUT2D eigenvalue weighted by Crippen LogP contribution is 2.44. The number of carbonyl (C=O) groups excluding carboxylic acids is 2. The Kier molecular flexibility index (Phi) is 5.65. The minimum absolute atomic E-state index is 0.0222. The van der Waals surface area contributed by atoms with Crippen molar-refractivity contribution in [2.24, 2.45) is 5.41 Å². The molecular weight excluding hydrogens is 392 g/mol. The van der Waals surface area contributed by atoms with Gasteiger partial charge in [-0.3, -0.25) is 14.5 Å². The minimum Gasteiger partial charge on any atom is -0.503 e. The molecule has 5 nitrogen and oxygen atoms in total. The van der Waals surface area contributed by atoms with E-state index < -0.39 is 40.5 Å². The first-order chi connectivity index (χ1) is 14.1. The second kappa shape index (κ2) is 7.89. The summed E-state index contributed by atoms with van der Waals surface area (Å²) in [6.07, 6.45) is 0. The maximum atomic E-state index is 13.9. The number of rotatable bonds is 5. The van der Waals surface area contributed by atoms with Crippen LogP contribution in [-0.2, 0) is 9.59 Å². The topological polar surface area (TPSA) is 66.8 Å². The van der Waals surface area contributed by atoms with Crippen molar-refractivity contribution < 1.29 is 28.2 Å². The van der Waals surface area contributed by atoms with E-state index in [0.29, 0.717) is 17.9 Å². The highest BCUT2D eigenvalue weighted by Gasteiger charge is 2.46. The predicted molar refractivity (Wildman–Crippen MR) is 108 cm³/mol. The molecule has 0 saturated carbocycles. The SMILES string of the molecule is CCOc1cccc(C2C(C(=O)C(C)(C)C)=C(O)C(=O)N2c2ccc(F)c(F)c2)c1. The van der Waals surface area contributed by atoms with Crippen LogP contribution in [0.2, 0.25) is 0 Å². The van der Waals surface area contributed by atoms with Crippen molar-refractivity contribution >= 4 is 17.4 Å². The first kappa shape index (κ1) is 21.5. The number of anilines is 1. The van der Waals surface area contributed by atoms with Crippen LogP contribution < -0.4 is 9.64 Å². The first-order valence-corrected chi connectivity index (χ1v) is 9.55. The molecule has 158 valence electrons. The average Bonchev–Trinajstić information content (AvgIpc) is 2.94. The largest absolute Gasteiger partial charge is 0.503 e. The van der Waals surface area contributed by atoms with E-state index in [1.807, 2.05) is 6.92 Å². The van der Waals surface area contributed by atoms with E-state index >= 15 is 0 Å². The number of benzene rings is 2. The van der Waals surface area contributed by atoms with Gasteiger partial charge in [0.05, 0.1) is 18.2 Å². The Morgan fingerprint density at radius 3 is 2.43 bits per heavy atom. The first-order valence-electron chi connectivity index (χ1n) is 9.55. The van der Waals surface area contributed by atoms with Gasteiger partial charge in [0.2, 0.25) is 0 Å². The van der Waals surface area contributed by atoms with E-state index in [2.05, 4.69) is 0 Å². The molecule has 7 heteroatoms. The molecule has 0 fully saturated rings. The van der Waals surface area contributed by atoms with Crippen molar-refractivity contribution in [1.82, 2.24) is 0 Å². The fraction of sp³-hybridized carbons (Fsp3) is 0.304. The Balaban J connectivity index is 2.22. The number of hydrogen-bond donors (Lipinski definition) is 1. The van der Waals surface area contributed by atoms with E-state index in [4.69, 9.17) is 4.74 Å². The lowest BCUT2D eigenvalue weighted by atomic mass is 9.82. The molecule has 0 spiro atoms. The Morgan fingerprint density at radius 2 is 1.83 bits per heavy atom. The molecule has 1 aliphatic heterocycles. The number of nitrogens with zero attached hydrogens (tertiary/aromatic N) is 1. The summed E-state index contributed by atoms with van der Waals surface area (Å²) in [7, 11) is 0. The molecule has 30 heavy (non-hydrogen) atoms.